The minimum atomic E-state index is -0.969. The molecule has 0 aromatic rings. The maximum absolute atomic E-state index is 11.9. The largest absolute Gasteiger partial charge is 0.480 e. The van der Waals surface area contributed by atoms with Crippen molar-refractivity contribution in [2.75, 3.05) is 13.1 Å². The molecule has 0 aliphatic heterocycles. The summed E-state index contributed by atoms with van der Waals surface area (Å²) in [6, 6.07) is -0.313. The molecule has 5 heteroatoms. The third-order valence-corrected chi connectivity index (χ3v) is 3.45. The number of amides is 2. The predicted molar refractivity (Wildman–Crippen MR) is 69.5 cm³/mol. The smallest absolute Gasteiger partial charge is 0.323 e. The first kappa shape index (κ1) is 14.8. The molecular formula is C13H24N2O3. The number of carbonyl (C=O) groups is 2. The van der Waals surface area contributed by atoms with Crippen LogP contribution in [0, 0.1) is 5.92 Å². The lowest BCUT2D eigenvalue weighted by atomic mass is 10.2. The topological polar surface area (TPSA) is 69.6 Å². The van der Waals surface area contributed by atoms with Gasteiger partial charge < -0.3 is 15.3 Å². The Morgan fingerprint density at radius 1 is 1.44 bits per heavy atom. The Balaban J connectivity index is 2.29. The highest BCUT2D eigenvalue weighted by Crippen LogP contribution is 2.33. The van der Waals surface area contributed by atoms with E-state index >= 15 is 0 Å². The molecule has 104 valence electrons. The van der Waals surface area contributed by atoms with Gasteiger partial charge in [0.2, 0.25) is 0 Å². The van der Waals surface area contributed by atoms with Crippen LogP contribution >= 0.6 is 0 Å². The van der Waals surface area contributed by atoms with Gasteiger partial charge >= 0.3 is 12.0 Å². The van der Waals surface area contributed by atoms with Crippen molar-refractivity contribution < 1.29 is 14.7 Å². The van der Waals surface area contributed by atoms with Gasteiger partial charge in [-0.25, -0.2) is 4.79 Å². The molecule has 1 aliphatic rings. The first-order valence-electron chi connectivity index (χ1n) is 6.80. The van der Waals surface area contributed by atoms with Gasteiger partial charge in [0.15, 0.2) is 0 Å². The molecule has 0 aromatic heterocycles. The fraction of sp³-hybridized carbons (Fsp3) is 0.846. The van der Waals surface area contributed by atoms with Crippen molar-refractivity contribution in [3.05, 3.63) is 0 Å². The summed E-state index contributed by atoms with van der Waals surface area (Å²) in [6.07, 6.45) is 5.56. The first-order chi connectivity index (χ1) is 8.54. The first-order valence-corrected chi connectivity index (χ1v) is 6.80. The zero-order valence-corrected chi connectivity index (χ0v) is 11.3. The molecule has 5 nitrogen and oxygen atoms in total. The van der Waals surface area contributed by atoms with E-state index in [2.05, 4.69) is 5.32 Å². The zero-order valence-electron chi connectivity index (χ0n) is 11.3. The lowest BCUT2D eigenvalue weighted by Gasteiger charge is -2.27. The Hall–Kier alpha value is -1.26. The van der Waals surface area contributed by atoms with Crippen LogP contribution in [0.4, 0.5) is 4.79 Å². The summed E-state index contributed by atoms with van der Waals surface area (Å²) in [5.74, 6) is -0.102. The Morgan fingerprint density at radius 3 is 2.61 bits per heavy atom. The van der Waals surface area contributed by atoms with Crippen LogP contribution in [-0.4, -0.2) is 41.1 Å². The van der Waals surface area contributed by atoms with Crippen LogP contribution in [0.25, 0.3) is 0 Å². The molecule has 1 unspecified atom stereocenters. The van der Waals surface area contributed by atoms with Crippen molar-refractivity contribution in [3.8, 4) is 0 Å². The molecule has 0 saturated heterocycles. The normalized spacial score (nSPS) is 16.1. The van der Waals surface area contributed by atoms with Gasteiger partial charge in [0, 0.05) is 12.6 Å². The van der Waals surface area contributed by atoms with Crippen LogP contribution in [0.5, 0.6) is 0 Å². The number of rotatable bonds is 8. The van der Waals surface area contributed by atoms with Crippen molar-refractivity contribution in [1.29, 1.82) is 0 Å². The molecule has 0 radical (unpaired) electrons. The average Bonchev–Trinajstić information content (AvgIpc) is 3.14. The van der Waals surface area contributed by atoms with E-state index in [0.29, 0.717) is 6.54 Å². The lowest BCUT2D eigenvalue weighted by Crippen LogP contribution is -2.47. The van der Waals surface area contributed by atoms with E-state index in [9.17, 15) is 9.59 Å². The van der Waals surface area contributed by atoms with Crippen LogP contribution in [0.2, 0.25) is 0 Å². The van der Waals surface area contributed by atoms with Crippen LogP contribution in [0.1, 0.15) is 46.0 Å². The van der Waals surface area contributed by atoms with Gasteiger partial charge in [-0.05, 0) is 32.1 Å². The standard InChI is InChI=1S/C13H24N2O3/c1-3-10(2)15(9-12(16)17)13(18)14-8-4-5-11-6-7-11/h10-11H,3-9H2,1-2H3,(H,14,18)(H,16,17). The van der Waals surface area contributed by atoms with Gasteiger partial charge in [-0.2, -0.15) is 0 Å². The SMILES string of the molecule is CCC(C)N(CC(=O)O)C(=O)NCCCC1CC1. The van der Waals surface area contributed by atoms with Gasteiger partial charge in [-0.15, -0.1) is 0 Å². The van der Waals surface area contributed by atoms with Crippen LogP contribution < -0.4 is 5.32 Å². The Kier molecular flexibility index (Phi) is 5.95. The molecule has 1 aliphatic carbocycles. The van der Waals surface area contributed by atoms with Crippen LogP contribution in [-0.2, 0) is 4.79 Å². The second kappa shape index (κ2) is 7.24. The predicted octanol–water partition coefficient (Wildman–Crippen LogP) is 2.07. The Bertz CT molecular complexity index is 290. The highest BCUT2D eigenvalue weighted by Gasteiger charge is 2.22. The van der Waals surface area contributed by atoms with E-state index in [0.717, 1.165) is 18.8 Å². The summed E-state index contributed by atoms with van der Waals surface area (Å²) in [6.45, 7) is 4.22. The molecule has 0 bridgehead atoms. The highest BCUT2D eigenvalue weighted by molar-refractivity contribution is 5.80. The molecule has 2 amide bonds. The van der Waals surface area contributed by atoms with Crippen LogP contribution in [0.15, 0.2) is 0 Å². The summed E-state index contributed by atoms with van der Waals surface area (Å²) in [4.78, 5) is 24.0. The van der Waals surface area contributed by atoms with Crippen molar-refractivity contribution in [3.63, 3.8) is 0 Å². The van der Waals surface area contributed by atoms with Gasteiger partial charge in [0.25, 0.3) is 0 Å². The maximum atomic E-state index is 11.9. The average molecular weight is 256 g/mol. The number of urea groups is 1. The molecule has 1 rings (SSSR count). The van der Waals surface area contributed by atoms with E-state index < -0.39 is 5.97 Å². The fourth-order valence-electron chi connectivity index (χ4n) is 1.89. The fourth-order valence-corrected chi connectivity index (χ4v) is 1.89. The van der Waals surface area contributed by atoms with Gasteiger partial charge in [0.1, 0.15) is 6.54 Å². The number of nitrogens with zero attached hydrogens (tertiary/aromatic N) is 1. The minimum absolute atomic E-state index is 0.0514. The lowest BCUT2D eigenvalue weighted by molar-refractivity contribution is -0.138. The van der Waals surface area contributed by atoms with Crippen molar-refractivity contribution in [2.45, 2.75) is 52.0 Å². The second-order valence-corrected chi connectivity index (χ2v) is 5.10. The van der Waals surface area contributed by atoms with Gasteiger partial charge in [0.05, 0.1) is 0 Å². The number of aliphatic carboxylic acids is 1. The van der Waals surface area contributed by atoms with E-state index in [4.69, 9.17) is 5.11 Å². The number of carboxylic acid groups (broad SMARTS) is 1. The molecule has 0 spiro atoms. The third kappa shape index (κ3) is 5.38. The molecule has 1 atom stereocenters. The summed E-state index contributed by atoms with van der Waals surface area (Å²) >= 11 is 0. The summed E-state index contributed by atoms with van der Waals surface area (Å²) < 4.78 is 0. The Morgan fingerprint density at radius 2 is 2.11 bits per heavy atom. The Labute approximate surface area is 109 Å². The van der Waals surface area contributed by atoms with Crippen molar-refractivity contribution in [1.82, 2.24) is 10.2 Å². The summed E-state index contributed by atoms with van der Waals surface area (Å²) in [7, 11) is 0. The molecule has 1 saturated carbocycles. The van der Waals surface area contributed by atoms with E-state index in [1.54, 1.807) is 0 Å². The van der Waals surface area contributed by atoms with Crippen molar-refractivity contribution in [2.24, 2.45) is 5.92 Å². The summed E-state index contributed by atoms with van der Waals surface area (Å²) in [5, 5.41) is 11.6. The maximum Gasteiger partial charge on any atom is 0.323 e. The van der Waals surface area contributed by atoms with Crippen molar-refractivity contribution >= 4 is 12.0 Å². The highest BCUT2D eigenvalue weighted by atomic mass is 16.4. The second-order valence-electron chi connectivity index (χ2n) is 5.10. The van der Waals surface area contributed by atoms with Gasteiger partial charge in [-0.1, -0.05) is 19.8 Å². The number of carbonyl (C=O) groups excluding carboxylic acids is 1. The van der Waals surface area contributed by atoms with E-state index in [1.165, 1.54) is 24.2 Å². The van der Waals surface area contributed by atoms with Crippen LogP contribution in [0.3, 0.4) is 0 Å². The molecule has 1 fully saturated rings. The third-order valence-electron chi connectivity index (χ3n) is 3.45. The zero-order chi connectivity index (χ0) is 13.5. The summed E-state index contributed by atoms with van der Waals surface area (Å²) in [5.41, 5.74) is 0. The number of nitrogens with one attached hydrogen (secondary N) is 1. The van der Waals surface area contributed by atoms with E-state index in [1.807, 2.05) is 13.8 Å². The number of carboxylic acids is 1. The number of hydrogen-bond donors (Lipinski definition) is 2. The monoisotopic (exact) mass is 256 g/mol. The molecule has 0 aromatic carbocycles. The molecule has 0 heterocycles. The van der Waals surface area contributed by atoms with Gasteiger partial charge in [-0.3, -0.25) is 4.79 Å². The molecule has 18 heavy (non-hydrogen) atoms. The molecule has 2 N–H and O–H groups in total. The number of hydrogen-bond acceptors (Lipinski definition) is 2. The molecular weight excluding hydrogens is 232 g/mol. The quantitative estimate of drug-likeness (QED) is 0.653. The minimum Gasteiger partial charge on any atom is -0.480 e. The van der Waals surface area contributed by atoms with E-state index in [-0.39, 0.29) is 18.6 Å².